The number of rotatable bonds is 9. The summed E-state index contributed by atoms with van der Waals surface area (Å²) in [5, 5.41) is 11.3. The third kappa shape index (κ3) is 5.42. The number of nitro groups is 1. The van der Waals surface area contributed by atoms with Gasteiger partial charge in [-0.3, -0.25) is 19.5 Å². The van der Waals surface area contributed by atoms with Crippen molar-refractivity contribution in [2.45, 2.75) is 33.7 Å². The van der Waals surface area contributed by atoms with Gasteiger partial charge in [-0.15, -0.1) is 0 Å². The van der Waals surface area contributed by atoms with Crippen molar-refractivity contribution < 1.29 is 18.9 Å². The molecule has 0 bridgehead atoms. The number of furan rings is 1. The van der Waals surface area contributed by atoms with Crippen molar-refractivity contribution in [1.29, 1.82) is 0 Å². The molecule has 10 nitrogen and oxygen atoms in total. The summed E-state index contributed by atoms with van der Waals surface area (Å²) in [6, 6.07) is 16.5. The van der Waals surface area contributed by atoms with Crippen LogP contribution in [0.5, 0.6) is 0 Å². The number of nitro benzene ring substituents is 1. The lowest BCUT2D eigenvalue weighted by atomic mass is 10.0. The molecule has 11 heteroatoms. The zero-order valence-electron chi connectivity index (χ0n) is 23.7. The number of non-ortho nitro benzene ring substituents is 1. The second-order valence-corrected chi connectivity index (χ2v) is 10.6. The molecule has 1 aliphatic heterocycles. The summed E-state index contributed by atoms with van der Waals surface area (Å²) in [6.45, 7) is 9.55. The van der Waals surface area contributed by atoms with Gasteiger partial charge in [0.05, 0.1) is 27.3 Å². The molecule has 2 aromatic carbocycles. The Hall–Kier alpha value is -4.77. The fourth-order valence-electron chi connectivity index (χ4n) is 5.01. The van der Waals surface area contributed by atoms with Crippen LogP contribution in [0.1, 0.15) is 45.1 Å². The molecule has 5 rings (SSSR count). The van der Waals surface area contributed by atoms with Gasteiger partial charge in [0.15, 0.2) is 4.80 Å². The normalized spacial score (nSPS) is 14.9. The van der Waals surface area contributed by atoms with Crippen molar-refractivity contribution >= 4 is 34.8 Å². The number of hydrogen-bond donors (Lipinski definition) is 0. The van der Waals surface area contributed by atoms with Crippen LogP contribution in [0.25, 0.3) is 17.4 Å². The highest BCUT2D eigenvalue weighted by Gasteiger charge is 2.35. The van der Waals surface area contributed by atoms with E-state index in [1.165, 1.54) is 28.0 Å². The van der Waals surface area contributed by atoms with Gasteiger partial charge >= 0.3 is 5.97 Å². The Morgan fingerprint density at radius 3 is 2.55 bits per heavy atom. The van der Waals surface area contributed by atoms with Crippen molar-refractivity contribution in [2.24, 2.45) is 4.99 Å². The molecule has 0 unspecified atom stereocenters. The zero-order chi connectivity index (χ0) is 30.0. The van der Waals surface area contributed by atoms with E-state index in [-0.39, 0.29) is 23.4 Å². The monoisotopic (exact) mass is 586 g/mol. The molecule has 0 radical (unpaired) electrons. The Bertz CT molecular complexity index is 1860. The molecule has 2 aromatic heterocycles. The maximum atomic E-state index is 13.9. The first-order valence-corrected chi connectivity index (χ1v) is 14.5. The van der Waals surface area contributed by atoms with E-state index in [1.807, 2.05) is 30.3 Å². The van der Waals surface area contributed by atoms with Crippen LogP contribution in [0, 0.1) is 10.1 Å². The minimum Gasteiger partial charge on any atom is -0.463 e. The van der Waals surface area contributed by atoms with Gasteiger partial charge in [0.2, 0.25) is 0 Å². The first-order chi connectivity index (χ1) is 20.2. The van der Waals surface area contributed by atoms with E-state index in [2.05, 4.69) is 23.7 Å². The van der Waals surface area contributed by atoms with Crippen LogP contribution in [0.15, 0.2) is 86.1 Å². The topological polar surface area (TPSA) is 120 Å². The van der Waals surface area contributed by atoms with E-state index in [0.29, 0.717) is 32.1 Å². The number of hydrogen-bond acceptors (Lipinski definition) is 9. The molecule has 4 aromatic rings. The molecule has 216 valence electrons. The predicted molar refractivity (Wildman–Crippen MR) is 161 cm³/mol. The van der Waals surface area contributed by atoms with Crippen LogP contribution in [-0.4, -0.2) is 35.2 Å². The van der Waals surface area contributed by atoms with E-state index in [0.717, 1.165) is 24.3 Å². The van der Waals surface area contributed by atoms with Crippen LogP contribution in [-0.2, 0) is 9.53 Å². The van der Waals surface area contributed by atoms with Gasteiger partial charge in [-0.1, -0.05) is 35.6 Å². The number of thiazole rings is 1. The standard InChI is InChI=1S/C31H30N4O6S/c1-5-33(6-2)22-13-11-20(12-14-22)17-26-29(36)34-28(27(30(37)40-7-3)19(4)32-31(34)42-26)25-16-15-24(41-25)21-9-8-10-23(18-21)35(38)39/h8-18,28H,5-7H2,1-4H3/b26-17-/t28-/m1/s1. The number of allylic oxidation sites excluding steroid dienone is 1. The number of carbonyl (C=O) groups excluding carboxylic acids is 1. The SMILES string of the molecule is CCOC(=O)C1=C(C)N=c2s/c(=C\c3ccc(N(CC)CC)cc3)c(=O)n2[C@@H]1c1ccc(-c2cccc([N+](=O)[O-])c2)o1. The molecule has 3 heterocycles. The second kappa shape index (κ2) is 12.0. The highest BCUT2D eigenvalue weighted by atomic mass is 32.1. The number of anilines is 1. The average Bonchev–Trinajstić information content (AvgIpc) is 3.59. The molecule has 0 spiro atoms. The van der Waals surface area contributed by atoms with Gasteiger partial charge < -0.3 is 14.1 Å². The summed E-state index contributed by atoms with van der Waals surface area (Å²) in [4.78, 5) is 45.1. The molecule has 0 saturated heterocycles. The molecule has 1 aliphatic rings. The van der Waals surface area contributed by atoms with Crippen molar-refractivity contribution in [3.05, 3.63) is 113 Å². The molecule has 0 amide bonds. The van der Waals surface area contributed by atoms with Gasteiger partial charge in [-0.05, 0) is 63.6 Å². The summed E-state index contributed by atoms with van der Waals surface area (Å²) in [6.07, 6.45) is 1.81. The highest BCUT2D eigenvalue weighted by molar-refractivity contribution is 7.07. The smallest absolute Gasteiger partial charge is 0.338 e. The van der Waals surface area contributed by atoms with Crippen molar-refractivity contribution in [2.75, 3.05) is 24.6 Å². The van der Waals surface area contributed by atoms with Crippen LogP contribution in [0.4, 0.5) is 11.4 Å². The highest BCUT2D eigenvalue weighted by Crippen LogP contribution is 2.35. The Morgan fingerprint density at radius 2 is 1.88 bits per heavy atom. The van der Waals surface area contributed by atoms with Crippen molar-refractivity contribution in [3.63, 3.8) is 0 Å². The summed E-state index contributed by atoms with van der Waals surface area (Å²) in [7, 11) is 0. The van der Waals surface area contributed by atoms with E-state index in [1.54, 1.807) is 38.1 Å². The number of nitrogens with zero attached hydrogens (tertiary/aromatic N) is 4. The van der Waals surface area contributed by atoms with Gasteiger partial charge in [0.1, 0.15) is 17.6 Å². The number of carbonyl (C=O) groups is 1. The largest absolute Gasteiger partial charge is 0.463 e. The minimum absolute atomic E-state index is 0.0773. The van der Waals surface area contributed by atoms with Gasteiger partial charge in [-0.2, -0.15) is 0 Å². The number of fused-ring (bicyclic) bond motifs is 1. The minimum atomic E-state index is -0.931. The lowest BCUT2D eigenvalue weighted by Crippen LogP contribution is -2.39. The fraction of sp³-hybridized carbons (Fsp3) is 0.258. The van der Waals surface area contributed by atoms with Crippen molar-refractivity contribution in [1.82, 2.24) is 4.57 Å². The fourth-order valence-corrected chi connectivity index (χ4v) is 6.06. The average molecular weight is 587 g/mol. The van der Waals surface area contributed by atoms with Crippen LogP contribution >= 0.6 is 11.3 Å². The molecule has 42 heavy (non-hydrogen) atoms. The number of benzene rings is 2. The lowest BCUT2D eigenvalue weighted by Gasteiger charge is -2.22. The predicted octanol–water partition coefficient (Wildman–Crippen LogP) is 4.81. The molecule has 0 aliphatic carbocycles. The van der Waals surface area contributed by atoms with Crippen LogP contribution < -0.4 is 19.8 Å². The number of ether oxygens (including phenoxy) is 1. The summed E-state index contributed by atoms with van der Waals surface area (Å²) >= 11 is 1.23. The quantitative estimate of drug-likeness (QED) is 0.157. The zero-order valence-corrected chi connectivity index (χ0v) is 24.5. The van der Waals surface area contributed by atoms with E-state index in [9.17, 15) is 19.7 Å². The Kier molecular flexibility index (Phi) is 8.21. The first-order valence-electron chi connectivity index (χ1n) is 13.6. The molecule has 0 N–H and O–H groups in total. The van der Waals surface area contributed by atoms with Crippen LogP contribution in [0.3, 0.4) is 0 Å². The van der Waals surface area contributed by atoms with Crippen LogP contribution in [0.2, 0.25) is 0 Å². The Balaban J connectivity index is 1.62. The molecular weight excluding hydrogens is 556 g/mol. The summed E-state index contributed by atoms with van der Waals surface area (Å²) in [5.74, 6) is 0.0744. The molecule has 0 fully saturated rings. The number of esters is 1. The first kappa shape index (κ1) is 28.7. The summed E-state index contributed by atoms with van der Waals surface area (Å²) in [5.41, 5.74) is 2.67. The van der Waals surface area contributed by atoms with Crippen molar-refractivity contribution in [3.8, 4) is 11.3 Å². The van der Waals surface area contributed by atoms with E-state index in [4.69, 9.17) is 9.15 Å². The number of aromatic nitrogens is 1. The molecular formula is C31H30N4O6S. The molecule has 0 saturated carbocycles. The van der Waals surface area contributed by atoms with Gasteiger partial charge in [-0.25, -0.2) is 9.79 Å². The maximum Gasteiger partial charge on any atom is 0.338 e. The lowest BCUT2D eigenvalue weighted by molar-refractivity contribution is -0.384. The van der Waals surface area contributed by atoms with Gasteiger partial charge in [0, 0.05) is 36.5 Å². The van der Waals surface area contributed by atoms with E-state index < -0.39 is 16.9 Å². The van der Waals surface area contributed by atoms with Gasteiger partial charge in [0.25, 0.3) is 11.2 Å². The van der Waals surface area contributed by atoms with E-state index >= 15 is 0 Å². The third-order valence-electron chi connectivity index (χ3n) is 7.07. The Labute approximate surface area is 245 Å². The summed E-state index contributed by atoms with van der Waals surface area (Å²) < 4.78 is 13.4. The maximum absolute atomic E-state index is 13.9. The third-order valence-corrected chi connectivity index (χ3v) is 8.06. The second-order valence-electron chi connectivity index (χ2n) is 9.58. The molecule has 1 atom stereocenters. The Morgan fingerprint density at radius 1 is 1.14 bits per heavy atom.